The maximum Gasteiger partial charge on any atom is 0.319 e. The number of rotatable bonds is 7. The Balaban J connectivity index is 1.67. The fourth-order valence-corrected chi connectivity index (χ4v) is 2.30. The first-order valence-electron chi connectivity index (χ1n) is 7.96. The van der Waals surface area contributed by atoms with E-state index in [1.807, 2.05) is 37.4 Å². The lowest BCUT2D eigenvalue weighted by molar-refractivity contribution is 0.252. The van der Waals surface area contributed by atoms with Gasteiger partial charge in [-0.3, -0.25) is 0 Å². The highest BCUT2D eigenvalue weighted by Crippen LogP contribution is 2.11. The molecule has 0 unspecified atom stereocenters. The Morgan fingerprint density at radius 1 is 1.12 bits per heavy atom. The molecule has 0 aliphatic rings. The molecule has 0 aliphatic heterocycles. The molecule has 5 heteroatoms. The first-order valence-corrected chi connectivity index (χ1v) is 7.96. The molecule has 2 rings (SSSR count). The third-order valence-electron chi connectivity index (χ3n) is 3.65. The predicted molar refractivity (Wildman–Crippen MR) is 97.1 cm³/mol. The molecule has 124 valence electrons. The van der Waals surface area contributed by atoms with Crippen LogP contribution in [-0.4, -0.2) is 26.2 Å². The van der Waals surface area contributed by atoms with Crippen LogP contribution in [0.5, 0.6) is 0 Å². The molecule has 2 N–H and O–H groups in total. The number of benzene rings is 2. The summed E-state index contributed by atoms with van der Waals surface area (Å²) in [7, 11) is 2.04. The van der Waals surface area contributed by atoms with Crippen LogP contribution in [0, 0.1) is 11.3 Å². The summed E-state index contributed by atoms with van der Waals surface area (Å²) in [4.78, 5) is 14.0. The summed E-state index contributed by atoms with van der Waals surface area (Å²) in [5.41, 5.74) is 2.82. The summed E-state index contributed by atoms with van der Waals surface area (Å²) in [6, 6.07) is 19.3. The van der Waals surface area contributed by atoms with Crippen molar-refractivity contribution < 1.29 is 4.79 Å². The maximum absolute atomic E-state index is 11.8. The second kappa shape index (κ2) is 9.21. The van der Waals surface area contributed by atoms with Gasteiger partial charge in [-0.05, 0) is 36.2 Å². The van der Waals surface area contributed by atoms with Crippen LogP contribution in [0.15, 0.2) is 54.6 Å². The van der Waals surface area contributed by atoms with Crippen molar-refractivity contribution in [1.82, 2.24) is 5.32 Å². The molecule has 2 aromatic carbocycles. The zero-order chi connectivity index (χ0) is 17.2. The molecular weight excluding hydrogens is 300 g/mol. The molecular formula is C19H22N4O. The normalized spacial score (nSPS) is 9.83. The third kappa shape index (κ3) is 5.65. The SMILES string of the molecule is CN(CCCNC(=O)Nc1ccc(CC#N)cc1)c1ccccc1. The van der Waals surface area contributed by atoms with Crippen LogP contribution in [0.4, 0.5) is 16.2 Å². The molecule has 5 nitrogen and oxygen atoms in total. The van der Waals surface area contributed by atoms with Crippen LogP contribution in [0.1, 0.15) is 12.0 Å². The quantitative estimate of drug-likeness (QED) is 0.768. The van der Waals surface area contributed by atoms with Gasteiger partial charge in [0, 0.05) is 31.5 Å². The molecule has 0 bridgehead atoms. The Hall–Kier alpha value is -3.00. The van der Waals surface area contributed by atoms with E-state index in [0.29, 0.717) is 13.0 Å². The second-order valence-corrected chi connectivity index (χ2v) is 5.52. The molecule has 0 radical (unpaired) electrons. The highest BCUT2D eigenvalue weighted by Gasteiger charge is 2.03. The molecule has 2 aromatic rings. The van der Waals surface area contributed by atoms with Crippen molar-refractivity contribution in [2.45, 2.75) is 12.8 Å². The van der Waals surface area contributed by atoms with Crippen molar-refractivity contribution in [3.05, 3.63) is 60.2 Å². The molecule has 24 heavy (non-hydrogen) atoms. The van der Waals surface area contributed by atoms with Crippen molar-refractivity contribution in [2.75, 3.05) is 30.4 Å². The van der Waals surface area contributed by atoms with Crippen LogP contribution >= 0.6 is 0 Å². The Kier molecular flexibility index (Phi) is 6.66. The number of nitriles is 1. The Labute approximate surface area is 142 Å². The number of nitrogens with zero attached hydrogens (tertiary/aromatic N) is 2. The molecule has 0 saturated heterocycles. The number of para-hydroxylation sites is 1. The highest BCUT2D eigenvalue weighted by atomic mass is 16.2. The number of carbonyl (C=O) groups is 1. The van der Waals surface area contributed by atoms with Crippen LogP contribution < -0.4 is 15.5 Å². The molecule has 2 amide bonds. The van der Waals surface area contributed by atoms with E-state index >= 15 is 0 Å². The standard InChI is InChI=1S/C19H22N4O/c1-23(18-6-3-2-4-7-18)15-5-14-21-19(24)22-17-10-8-16(9-11-17)12-13-20/h2-4,6-11H,5,12,14-15H2,1H3,(H2,21,22,24). The summed E-state index contributed by atoms with van der Waals surface area (Å²) in [5.74, 6) is 0. The molecule has 0 atom stereocenters. The number of urea groups is 1. The van der Waals surface area contributed by atoms with Crippen LogP contribution in [0.3, 0.4) is 0 Å². The summed E-state index contributed by atoms with van der Waals surface area (Å²) < 4.78 is 0. The van der Waals surface area contributed by atoms with Gasteiger partial charge in [0.25, 0.3) is 0 Å². The lowest BCUT2D eigenvalue weighted by Crippen LogP contribution is -2.31. The Bertz CT molecular complexity index is 677. The number of hydrogen-bond acceptors (Lipinski definition) is 3. The summed E-state index contributed by atoms with van der Waals surface area (Å²) in [6.45, 7) is 1.47. The van der Waals surface area contributed by atoms with Crippen molar-refractivity contribution in [2.24, 2.45) is 0 Å². The molecule has 0 heterocycles. The average molecular weight is 322 g/mol. The van der Waals surface area contributed by atoms with Gasteiger partial charge in [0.15, 0.2) is 0 Å². The van der Waals surface area contributed by atoms with Gasteiger partial charge in [0.05, 0.1) is 12.5 Å². The minimum absolute atomic E-state index is 0.217. The molecule has 0 fully saturated rings. The van der Waals surface area contributed by atoms with E-state index in [9.17, 15) is 4.79 Å². The van der Waals surface area contributed by atoms with E-state index < -0.39 is 0 Å². The highest BCUT2D eigenvalue weighted by molar-refractivity contribution is 5.89. The number of carbonyl (C=O) groups excluding carboxylic acids is 1. The van der Waals surface area contributed by atoms with Gasteiger partial charge in [0.2, 0.25) is 0 Å². The number of amides is 2. The molecule has 0 spiro atoms. The summed E-state index contributed by atoms with van der Waals surface area (Å²) in [6.07, 6.45) is 1.24. The van der Waals surface area contributed by atoms with Gasteiger partial charge in [0.1, 0.15) is 0 Å². The Morgan fingerprint density at radius 3 is 2.50 bits per heavy atom. The smallest absolute Gasteiger partial charge is 0.319 e. The summed E-state index contributed by atoms with van der Waals surface area (Å²) >= 11 is 0. The zero-order valence-electron chi connectivity index (χ0n) is 13.8. The molecule has 0 saturated carbocycles. The van der Waals surface area contributed by atoms with Crippen molar-refractivity contribution in [3.8, 4) is 6.07 Å². The number of nitrogens with one attached hydrogen (secondary N) is 2. The van der Waals surface area contributed by atoms with Crippen molar-refractivity contribution >= 4 is 17.4 Å². The largest absolute Gasteiger partial charge is 0.375 e. The van der Waals surface area contributed by atoms with Gasteiger partial charge < -0.3 is 15.5 Å². The van der Waals surface area contributed by atoms with E-state index in [0.717, 1.165) is 24.2 Å². The van der Waals surface area contributed by atoms with Gasteiger partial charge in [-0.25, -0.2) is 4.79 Å². The molecule has 0 aromatic heterocycles. The first-order chi connectivity index (χ1) is 11.7. The first kappa shape index (κ1) is 17.4. The monoisotopic (exact) mass is 322 g/mol. The van der Waals surface area contributed by atoms with Gasteiger partial charge in [-0.15, -0.1) is 0 Å². The minimum atomic E-state index is -0.217. The fourth-order valence-electron chi connectivity index (χ4n) is 2.30. The van der Waals surface area contributed by atoms with E-state index in [-0.39, 0.29) is 6.03 Å². The fraction of sp³-hybridized carbons (Fsp3) is 0.263. The van der Waals surface area contributed by atoms with Gasteiger partial charge >= 0.3 is 6.03 Å². The second-order valence-electron chi connectivity index (χ2n) is 5.52. The average Bonchev–Trinajstić information content (AvgIpc) is 2.61. The van der Waals surface area contributed by atoms with Crippen LogP contribution in [-0.2, 0) is 6.42 Å². The minimum Gasteiger partial charge on any atom is -0.375 e. The molecule has 0 aliphatic carbocycles. The van der Waals surface area contributed by atoms with Crippen molar-refractivity contribution in [1.29, 1.82) is 5.26 Å². The van der Waals surface area contributed by atoms with Gasteiger partial charge in [-0.2, -0.15) is 5.26 Å². The van der Waals surface area contributed by atoms with Crippen LogP contribution in [0.2, 0.25) is 0 Å². The maximum atomic E-state index is 11.8. The van der Waals surface area contributed by atoms with Crippen molar-refractivity contribution in [3.63, 3.8) is 0 Å². The number of anilines is 2. The third-order valence-corrected chi connectivity index (χ3v) is 3.65. The Morgan fingerprint density at radius 2 is 1.83 bits per heavy atom. The van der Waals surface area contributed by atoms with E-state index in [4.69, 9.17) is 5.26 Å². The van der Waals surface area contributed by atoms with Gasteiger partial charge in [-0.1, -0.05) is 30.3 Å². The van der Waals surface area contributed by atoms with Crippen LogP contribution in [0.25, 0.3) is 0 Å². The topological polar surface area (TPSA) is 68.2 Å². The van der Waals surface area contributed by atoms with E-state index in [1.165, 1.54) is 5.69 Å². The lowest BCUT2D eigenvalue weighted by atomic mass is 10.1. The number of hydrogen-bond donors (Lipinski definition) is 2. The van der Waals surface area contributed by atoms with E-state index in [1.54, 1.807) is 12.1 Å². The zero-order valence-corrected chi connectivity index (χ0v) is 13.8. The lowest BCUT2D eigenvalue weighted by Gasteiger charge is -2.19. The predicted octanol–water partition coefficient (Wildman–Crippen LogP) is 3.40. The van der Waals surface area contributed by atoms with E-state index in [2.05, 4.69) is 33.7 Å². The summed E-state index contributed by atoms with van der Waals surface area (Å²) in [5, 5.41) is 14.3.